The first kappa shape index (κ1) is 19.4. The van der Waals surface area contributed by atoms with Crippen LogP contribution >= 0.6 is 0 Å². The average molecular weight is 382 g/mol. The van der Waals surface area contributed by atoms with Crippen LogP contribution in [0.4, 0.5) is 5.69 Å². The van der Waals surface area contributed by atoms with Crippen LogP contribution in [0.1, 0.15) is 26.7 Å². The van der Waals surface area contributed by atoms with Crippen LogP contribution in [0.2, 0.25) is 0 Å². The van der Waals surface area contributed by atoms with E-state index < -0.39 is 0 Å². The number of ether oxygens (including phenoxy) is 1. The zero-order valence-corrected chi connectivity index (χ0v) is 17.7. The lowest BCUT2D eigenvalue weighted by Crippen LogP contribution is -2.53. The maximum Gasteiger partial charge on any atom is 0.142 e. The molecule has 3 aliphatic rings. The number of piperazine rings is 1. The predicted molar refractivity (Wildman–Crippen MR) is 117 cm³/mol. The van der Waals surface area contributed by atoms with E-state index in [4.69, 9.17) is 4.74 Å². The minimum Gasteiger partial charge on any atom is -0.495 e. The third-order valence-corrected chi connectivity index (χ3v) is 6.92. The Morgan fingerprint density at radius 1 is 0.857 bits per heavy atom. The van der Waals surface area contributed by atoms with Crippen molar-refractivity contribution >= 4 is 5.69 Å². The maximum atomic E-state index is 5.55. The van der Waals surface area contributed by atoms with Crippen molar-refractivity contribution in [1.29, 1.82) is 0 Å². The number of allylic oxidation sites excluding steroid dienone is 3. The summed E-state index contributed by atoms with van der Waals surface area (Å²) in [6, 6.07) is 9.13. The summed E-state index contributed by atoms with van der Waals surface area (Å²) >= 11 is 0. The van der Waals surface area contributed by atoms with Crippen LogP contribution in [0.25, 0.3) is 0 Å². The largest absolute Gasteiger partial charge is 0.495 e. The monoisotopic (exact) mass is 381 g/mol. The Hall–Kier alpha value is -1.94. The van der Waals surface area contributed by atoms with Crippen LogP contribution in [0.5, 0.6) is 5.75 Å². The highest BCUT2D eigenvalue weighted by molar-refractivity contribution is 5.58. The molecule has 0 N–H and O–H groups in total. The topological polar surface area (TPSA) is 19.0 Å². The molecule has 4 heteroatoms. The molecule has 1 aliphatic carbocycles. The van der Waals surface area contributed by atoms with Crippen LogP contribution in [0, 0.1) is 11.8 Å². The molecule has 2 unspecified atom stereocenters. The van der Waals surface area contributed by atoms with Crippen molar-refractivity contribution in [2.45, 2.75) is 32.7 Å². The van der Waals surface area contributed by atoms with Gasteiger partial charge in [-0.2, -0.15) is 0 Å². The number of hydrogen-bond acceptors (Lipinski definition) is 4. The summed E-state index contributed by atoms with van der Waals surface area (Å²) in [5.41, 5.74) is 2.68. The SMILES string of the molecule is COc1ccccc1N1CCN(C2CCN(C3=CC(C)C(C)C=C3)CC2)CC1. The van der Waals surface area contributed by atoms with E-state index in [-0.39, 0.29) is 0 Å². The van der Waals surface area contributed by atoms with Crippen molar-refractivity contribution in [3.63, 3.8) is 0 Å². The van der Waals surface area contributed by atoms with Gasteiger partial charge in [-0.3, -0.25) is 4.90 Å². The zero-order chi connectivity index (χ0) is 19.5. The van der Waals surface area contributed by atoms with Gasteiger partial charge in [0.05, 0.1) is 12.8 Å². The Balaban J connectivity index is 1.29. The summed E-state index contributed by atoms with van der Waals surface area (Å²) in [4.78, 5) is 7.80. The van der Waals surface area contributed by atoms with Crippen LogP contribution < -0.4 is 9.64 Å². The molecule has 0 radical (unpaired) electrons. The molecule has 2 heterocycles. The standard InChI is InChI=1S/C24H35N3O/c1-19-8-9-22(18-20(19)2)25-12-10-21(11-13-25)26-14-16-27(17-15-26)23-6-4-5-7-24(23)28-3/h4-9,18-21H,10-17H2,1-3H3. The van der Waals surface area contributed by atoms with Gasteiger partial charge in [0.2, 0.25) is 0 Å². The van der Waals surface area contributed by atoms with Crippen LogP contribution in [-0.4, -0.2) is 62.2 Å². The molecule has 2 fully saturated rings. The third kappa shape index (κ3) is 4.07. The van der Waals surface area contributed by atoms with E-state index in [0.29, 0.717) is 11.8 Å². The Labute approximate surface area is 170 Å². The third-order valence-electron chi connectivity index (χ3n) is 6.92. The first-order chi connectivity index (χ1) is 13.7. The highest BCUT2D eigenvalue weighted by Crippen LogP contribution is 2.30. The Morgan fingerprint density at radius 3 is 2.25 bits per heavy atom. The quantitative estimate of drug-likeness (QED) is 0.784. The van der Waals surface area contributed by atoms with Crippen molar-refractivity contribution < 1.29 is 4.74 Å². The summed E-state index contributed by atoms with van der Waals surface area (Å²) in [5, 5.41) is 0. The molecule has 2 aliphatic heterocycles. The van der Waals surface area contributed by atoms with E-state index in [1.165, 1.54) is 37.3 Å². The van der Waals surface area contributed by atoms with Gasteiger partial charge in [0, 0.05) is 51.0 Å². The lowest BCUT2D eigenvalue weighted by Gasteiger charge is -2.44. The molecular weight excluding hydrogens is 346 g/mol. The van der Waals surface area contributed by atoms with Gasteiger partial charge in [-0.1, -0.05) is 38.1 Å². The molecule has 28 heavy (non-hydrogen) atoms. The molecule has 4 rings (SSSR count). The molecule has 4 nitrogen and oxygen atoms in total. The zero-order valence-electron chi connectivity index (χ0n) is 17.7. The lowest BCUT2D eigenvalue weighted by molar-refractivity contribution is 0.118. The highest BCUT2D eigenvalue weighted by atomic mass is 16.5. The van der Waals surface area contributed by atoms with E-state index in [1.54, 1.807) is 7.11 Å². The molecule has 0 spiro atoms. The normalized spacial score (nSPS) is 27.0. The predicted octanol–water partition coefficient (Wildman–Crippen LogP) is 4.01. The lowest BCUT2D eigenvalue weighted by atomic mass is 9.89. The molecule has 0 bridgehead atoms. The van der Waals surface area contributed by atoms with E-state index in [0.717, 1.165) is 38.0 Å². The molecular formula is C24H35N3O. The summed E-state index contributed by atoms with van der Waals surface area (Å²) in [6.07, 6.45) is 9.75. The molecule has 152 valence electrons. The molecule has 0 aromatic heterocycles. The van der Waals surface area contributed by atoms with Gasteiger partial charge in [0.1, 0.15) is 5.75 Å². The van der Waals surface area contributed by atoms with Crippen LogP contribution in [0.15, 0.2) is 48.2 Å². The number of hydrogen-bond donors (Lipinski definition) is 0. The summed E-state index contributed by atoms with van der Waals surface area (Å²) in [6.45, 7) is 11.5. The average Bonchev–Trinajstić information content (AvgIpc) is 2.76. The van der Waals surface area contributed by atoms with Gasteiger partial charge >= 0.3 is 0 Å². The van der Waals surface area contributed by atoms with Crippen molar-refractivity contribution in [3.8, 4) is 5.75 Å². The fourth-order valence-electron chi connectivity index (χ4n) is 4.82. The smallest absolute Gasteiger partial charge is 0.142 e. The van der Waals surface area contributed by atoms with Crippen molar-refractivity contribution in [1.82, 2.24) is 9.80 Å². The van der Waals surface area contributed by atoms with E-state index >= 15 is 0 Å². The number of piperidine rings is 1. The van der Waals surface area contributed by atoms with Gasteiger partial charge in [-0.25, -0.2) is 0 Å². The summed E-state index contributed by atoms with van der Waals surface area (Å²) in [7, 11) is 1.77. The number of likely N-dealkylation sites (tertiary alicyclic amines) is 1. The van der Waals surface area contributed by atoms with Crippen LogP contribution in [-0.2, 0) is 0 Å². The molecule has 2 saturated heterocycles. The van der Waals surface area contributed by atoms with Gasteiger partial charge in [-0.15, -0.1) is 0 Å². The number of rotatable bonds is 4. The summed E-state index contributed by atoms with van der Waals surface area (Å²) in [5.74, 6) is 2.31. The second-order valence-electron chi connectivity index (χ2n) is 8.58. The molecule has 1 aromatic rings. The molecule has 2 atom stereocenters. The molecule has 0 saturated carbocycles. The fourth-order valence-corrected chi connectivity index (χ4v) is 4.82. The first-order valence-corrected chi connectivity index (χ1v) is 10.9. The van der Waals surface area contributed by atoms with Crippen molar-refractivity contribution in [2.24, 2.45) is 11.8 Å². The number of benzene rings is 1. The first-order valence-electron chi connectivity index (χ1n) is 10.9. The fraction of sp³-hybridized carbons (Fsp3) is 0.583. The second kappa shape index (κ2) is 8.60. The summed E-state index contributed by atoms with van der Waals surface area (Å²) < 4.78 is 5.55. The van der Waals surface area contributed by atoms with Gasteiger partial charge < -0.3 is 14.5 Å². The van der Waals surface area contributed by atoms with Gasteiger partial charge in [0.15, 0.2) is 0 Å². The Kier molecular flexibility index (Phi) is 5.96. The molecule has 0 amide bonds. The Bertz CT molecular complexity index is 712. The van der Waals surface area contributed by atoms with Gasteiger partial charge in [-0.05, 0) is 42.9 Å². The maximum absolute atomic E-state index is 5.55. The van der Waals surface area contributed by atoms with Crippen molar-refractivity contribution in [3.05, 3.63) is 48.2 Å². The van der Waals surface area contributed by atoms with Crippen molar-refractivity contribution in [2.75, 3.05) is 51.3 Å². The van der Waals surface area contributed by atoms with Gasteiger partial charge in [0.25, 0.3) is 0 Å². The number of nitrogens with zero attached hydrogens (tertiary/aromatic N) is 3. The van der Waals surface area contributed by atoms with E-state index in [9.17, 15) is 0 Å². The van der Waals surface area contributed by atoms with E-state index in [1.807, 2.05) is 6.07 Å². The highest BCUT2D eigenvalue weighted by Gasteiger charge is 2.29. The number of methoxy groups -OCH3 is 1. The second-order valence-corrected chi connectivity index (χ2v) is 8.58. The van der Waals surface area contributed by atoms with E-state index in [2.05, 4.69) is 65.0 Å². The van der Waals surface area contributed by atoms with Crippen LogP contribution in [0.3, 0.4) is 0 Å². The minimum atomic E-state index is 0.653. The minimum absolute atomic E-state index is 0.653. The number of para-hydroxylation sites is 2. The number of anilines is 1. The Morgan fingerprint density at radius 2 is 1.57 bits per heavy atom. The molecule has 1 aromatic carbocycles.